The molecule has 0 saturated carbocycles. The van der Waals surface area contributed by atoms with Crippen molar-refractivity contribution in [2.24, 2.45) is 0 Å². The van der Waals surface area contributed by atoms with Crippen LogP contribution in [0.25, 0.3) is 32.5 Å². The average Bonchev–Trinajstić information content (AvgIpc) is 3.61. The largest absolute Gasteiger partial charge is 0.550 e. The Labute approximate surface area is 279 Å². The standard InChI is InChI=1S/C30H26F6N2O5S4/c1-6-38(7-2)19-11-8-18(9-12-19)10-13-20-16-23-24(44-20)17-21(45-23)14-15-22-25(37-5)26(41-28(22,3)4)27(46-43-42-29(31,32)33)47(39,40)30(34,35)36/h8-17H,6-7H2,1-4H3. The third-order valence-electron chi connectivity index (χ3n) is 6.68. The number of hydrogen-bond donors (Lipinski definition) is 0. The second kappa shape index (κ2) is 14.1. The van der Waals surface area contributed by atoms with E-state index < -0.39 is 55.0 Å². The first kappa shape index (κ1) is 36.6. The topological polar surface area (TPSA) is 69.4 Å². The van der Waals surface area contributed by atoms with E-state index >= 15 is 0 Å². The molecular formula is C30H26F6N2O5S4. The molecule has 0 bridgehead atoms. The molecule has 2 aromatic heterocycles. The summed E-state index contributed by atoms with van der Waals surface area (Å²) in [7, 11) is -6.33. The van der Waals surface area contributed by atoms with Crippen LogP contribution < -0.4 is 4.90 Å². The van der Waals surface area contributed by atoms with Crippen LogP contribution in [-0.4, -0.2) is 39.0 Å². The summed E-state index contributed by atoms with van der Waals surface area (Å²) in [5, 5.41) is 0. The SMILES string of the molecule is [C-]#[N+]C1=C(C=Cc2cc3sc(C=Cc4ccc(N(CC)CC)cc4)cc3s2)C(C)(C)OC1=C(SOOC(F)(F)F)S(=O)(=O)C(F)(F)F. The van der Waals surface area contributed by atoms with Gasteiger partial charge in [-0.05, 0) is 69.7 Å². The van der Waals surface area contributed by atoms with Crippen LogP contribution in [0.4, 0.5) is 32.0 Å². The highest BCUT2D eigenvalue weighted by atomic mass is 32.3. The van der Waals surface area contributed by atoms with E-state index in [1.54, 1.807) is 17.4 Å². The minimum Gasteiger partial charge on any atom is -0.493 e. The maximum atomic E-state index is 13.5. The first-order chi connectivity index (χ1) is 21.9. The monoisotopic (exact) mass is 736 g/mol. The molecular weight excluding hydrogens is 711 g/mol. The third kappa shape index (κ3) is 8.42. The lowest BCUT2D eigenvalue weighted by atomic mass is 9.97. The van der Waals surface area contributed by atoms with Crippen molar-refractivity contribution in [3.63, 3.8) is 0 Å². The van der Waals surface area contributed by atoms with Gasteiger partial charge in [-0.25, -0.2) is 13.3 Å². The summed E-state index contributed by atoms with van der Waals surface area (Å²) in [5.41, 5.74) is -5.94. The van der Waals surface area contributed by atoms with Gasteiger partial charge in [-0.1, -0.05) is 24.3 Å². The lowest BCUT2D eigenvalue weighted by molar-refractivity contribution is -0.439. The van der Waals surface area contributed by atoms with Crippen LogP contribution in [0.3, 0.4) is 0 Å². The van der Waals surface area contributed by atoms with Crippen molar-refractivity contribution < 1.29 is 48.7 Å². The highest BCUT2D eigenvalue weighted by Gasteiger charge is 2.53. The maximum Gasteiger partial charge on any atom is 0.550 e. The fourth-order valence-corrected chi connectivity index (χ4v) is 8.39. The number of rotatable bonds is 11. The number of sulfone groups is 1. The van der Waals surface area contributed by atoms with Crippen molar-refractivity contribution in [1.29, 1.82) is 0 Å². The molecule has 0 spiro atoms. The molecule has 17 heteroatoms. The van der Waals surface area contributed by atoms with E-state index in [-0.39, 0.29) is 5.57 Å². The molecule has 1 aliphatic rings. The van der Waals surface area contributed by atoms with Crippen LogP contribution in [0.2, 0.25) is 0 Å². The predicted molar refractivity (Wildman–Crippen MR) is 174 cm³/mol. The Morgan fingerprint density at radius 2 is 1.53 bits per heavy atom. The van der Waals surface area contributed by atoms with Crippen molar-refractivity contribution >= 4 is 77.9 Å². The van der Waals surface area contributed by atoms with Crippen molar-refractivity contribution in [1.82, 2.24) is 0 Å². The van der Waals surface area contributed by atoms with E-state index in [4.69, 9.17) is 11.3 Å². The molecule has 1 aliphatic heterocycles. The van der Waals surface area contributed by atoms with Crippen LogP contribution in [-0.2, 0) is 23.8 Å². The van der Waals surface area contributed by atoms with Gasteiger partial charge in [-0.3, -0.25) is 0 Å². The number of hydrogen-bond acceptors (Lipinski definition) is 9. The van der Waals surface area contributed by atoms with E-state index in [1.807, 2.05) is 36.4 Å². The Hall–Kier alpha value is -3.27. The van der Waals surface area contributed by atoms with Gasteiger partial charge in [0.25, 0.3) is 9.84 Å². The fraction of sp³-hybridized carbons (Fsp3) is 0.300. The van der Waals surface area contributed by atoms with Gasteiger partial charge in [0.2, 0.25) is 5.70 Å². The Kier molecular flexibility index (Phi) is 10.9. The summed E-state index contributed by atoms with van der Waals surface area (Å²) >= 11 is 2.08. The van der Waals surface area contributed by atoms with Crippen molar-refractivity contribution in [3.8, 4) is 0 Å². The maximum absolute atomic E-state index is 13.5. The van der Waals surface area contributed by atoms with Crippen molar-refractivity contribution in [3.05, 3.63) is 90.5 Å². The minimum atomic E-state index is -6.33. The highest BCUT2D eigenvalue weighted by Crippen LogP contribution is 2.48. The predicted octanol–water partition coefficient (Wildman–Crippen LogP) is 10.2. The van der Waals surface area contributed by atoms with Crippen molar-refractivity contribution in [2.75, 3.05) is 18.0 Å². The molecule has 0 amide bonds. The van der Waals surface area contributed by atoms with Gasteiger partial charge in [0.1, 0.15) is 5.60 Å². The van der Waals surface area contributed by atoms with Crippen LogP contribution >= 0.6 is 34.7 Å². The molecule has 0 fully saturated rings. The molecule has 3 heterocycles. The number of halogens is 6. The normalized spacial score (nSPS) is 16.8. The Balaban J connectivity index is 1.61. The third-order valence-corrected chi connectivity index (χ3v) is 11.5. The molecule has 0 aliphatic carbocycles. The van der Waals surface area contributed by atoms with Crippen LogP contribution in [0, 0.1) is 6.57 Å². The minimum absolute atomic E-state index is 0.00195. The molecule has 0 N–H and O–H groups in total. The summed E-state index contributed by atoms with van der Waals surface area (Å²) in [6, 6.07) is 12.1. The average molecular weight is 737 g/mol. The van der Waals surface area contributed by atoms with Gasteiger partial charge in [-0.2, -0.15) is 13.2 Å². The smallest absolute Gasteiger partial charge is 0.493 e. The first-order valence-electron chi connectivity index (χ1n) is 13.6. The number of ether oxygens (including phenoxy) is 1. The Morgan fingerprint density at radius 3 is 2.02 bits per heavy atom. The quantitative estimate of drug-likeness (QED) is 0.0638. The zero-order valence-electron chi connectivity index (χ0n) is 25.0. The van der Waals surface area contributed by atoms with E-state index in [2.05, 4.69) is 44.9 Å². The number of fused-ring (bicyclic) bond motifs is 1. The molecule has 0 saturated heterocycles. The van der Waals surface area contributed by atoms with Crippen molar-refractivity contribution in [2.45, 2.75) is 45.2 Å². The Bertz CT molecular complexity index is 1860. The van der Waals surface area contributed by atoms with E-state index in [0.717, 1.165) is 43.5 Å². The van der Waals surface area contributed by atoms with Gasteiger partial charge in [0, 0.05) is 43.5 Å². The summed E-state index contributed by atoms with van der Waals surface area (Å²) < 4.78 is 111. The van der Waals surface area contributed by atoms with E-state index in [9.17, 15) is 34.8 Å². The lowest BCUT2D eigenvalue weighted by Gasteiger charge is -2.22. The van der Waals surface area contributed by atoms with E-state index in [0.29, 0.717) is 0 Å². The molecule has 0 radical (unpaired) electrons. The summed E-state index contributed by atoms with van der Waals surface area (Å²) in [4.78, 5) is 10.2. The Morgan fingerprint density at radius 1 is 0.979 bits per heavy atom. The van der Waals surface area contributed by atoms with Gasteiger partial charge < -0.3 is 9.64 Å². The number of alkyl halides is 6. The first-order valence-corrected chi connectivity index (χ1v) is 17.5. The molecule has 1 aromatic carbocycles. The molecule has 0 atom stereocenters. The second-order valence-electron chi connectivity index (χ2n) is 10.2. The number of benzene rings is 1. The molecule has 7 nitrogen and oxygen atoms in total. The lowest BCUT2D eigenvalue weighted by Crippen LogP contribution is -2.26. The van der Waals surface area contributed by atoms with E-state index in [1.165, 1.54) is 31.3 Å². The summed E-state index contributed by atoms with van der Waals surface area (Å²) in [6.07, 6.45) is 1.56. The van der Waals surface area contributed by atoms with Gasteiger partial charge in [-0.15, -0.1) is 45.1 Å². The zero-order chi connectivity index (χ0) is 34.8. The molecule has 47 heavy (non-hydrogen) atoms. The zero-order valence-corrected chi connectivity index (χ0v) is 28.3. The van der Waals surface area contributed by atoms with Gasteiger partial charge in [0.05, 0.1) is 18.6 Å². The second-order valence-corrected chi connectivity index (χ2v) is 15.3. The number of thiophene rings is 2. The highest BCUT2D eigenvalue weighted by molar-refractivity contribution is 8.16. The molecule has 252 valence electrons. The molecule has 0 unspecified atom stereocenters. The van der Waals surface area contributed by atoms with Crippen LogP contribution in [0.15, 0.2) is 63.7 Å². The number of nitrogens with zero attached hydrogens (tertiary/aromatic N) is 2. The molecule has 4 rings (SSSR count). The molecule has 3 aromatic rings. The van der Waals surface area contributed by atoms with Crippen LogP contribution in [0.1, 0.15) is 43.0 Å². The fourth-order valence-electron chi connectivity index (χ4n) is 4.46. The summed E-state index contributed by atoms with van der Waals surface area (Å²) in [5.74, 6) is -1.11. The summed E-state index contributed by atoms with van der Waals surface area (Å²) in [6.45, 7) is 16.3. The van der Waals surface area contributed by atoms with Gasteiger partial charge >= 0.3 is 11.9 Å². The number of anilines is 1. The van der Waals surface area contributed by atoms with Gasteiger partial charge in [0.15, 0.2) is 10.00 Å². The van der Waals surface area contributed by atoms with Crippen LogP contribution in [0.5, 0.6) is 0 Å².